The molecule has 4 nitrogen and oxygen atoms in total. The standard InChI is InChI=1S/C17H23ClN2O2/c1-11-7-14(8-12(2)17(11)18)22-10-16(21)19-15-9-20-5-3-13(15)4-6-20/h7-8,13,15H,3-6,9-10H2,1-2H3,(H,19,21). The van der Waals surface area contributed by atoms with E-state index in [1.165, 1.54) is 25.9 Å². The summed E-state index contributed by atoms with van der Waals surface area (Å²) in [6, 6.07) is 4.03. The van der Waals surface area contributed by atoms with Crippen LogP contribution in [-0.2, 0) is 4.79 Å². The molecule has 120 valence electrons. The van der Waals surface area contributed by atoms with Crippen LogP contribution in [0.15, 0.2) is 12.1 Å². The lowest BCUT2D eigenvalue weighted by molar-refractivity contribution is -0.125. The Balaban J connectivity index is 1.52. The minimum atomic E-state index is -0.0380. The average molecular weight is 323 g/mol. The molecule has 22 heavy (non-hydrogen) atoms. The number of piperidine rings is 3. The first-order valence-corrected chi connectivity index (χ1v) is 8.32. The minimum Gasteiger partial charge on any atom is -0.484 e. The van der Waals surface area contributed by atoms with Crippen LogP contribution in [0, 0.1) is 19.8 Å². The van der Waals surface area contributed by atoms with Crippen molar-refractivity contribution in [3.8, 4) is 5.75 Å². The fourth-order valence-corrected chi connectivity index (χ4v) is 3.62. The van der Waals surface area contributed by atoms with E-state index in [0.717, 1.165) is 22.7 Å². The molecule has 1 unspecified atom stereocenters. The number of halogens is 1. The van der Waals surface area contributed by atoms with Crippen LogP contribution in [0.2, 0.25) is 5.02 Å². The van der Waals surface area contributed by atoms with Gasteiger partial charge in [0.05, 0.1) is 0 Å². The number of benzene rings is 1. The second-order valence-corrected chi connectivity index (χ2v) is 6.85. The number of hydrogen-bond acceptors (Lipinski definition) is 3. The number of carbonyl (C=O) groups excluding carboxylic acids is 1. The van der Waals surface area contributed by atoms with Crippen LogP contribution in [0.25, 0.3) is 0 Å². The van der Waals surface area contributed by atoms with Crippen molar-refractivity contribution < 1.29 is 9.53 Å². The maximum absolute atomic E-state index is 12.1. The van der Waals surface area contributed by atoms with Gasteiger partial charge in [-0.3, -0.25) is 4.79 Å². The molecular formula is C17H23ClN2O2. The van der Waals surface area contributed by atoms with E-state index in [9.17, 15) is 4.79 Å². The number of carbonyl (C=O) groups is 1. The summed E-state index contributed by atoms with van der Waals surface area (Å²) >= 11 is 6.14. The molecule has 1 atom stereocenters. The maximum atomic E-state index is 12.1. The lowest BCUT2D eigenvalue weighted by Crippen LogP contribution is -2.57. The molecule has 1 aromatic rings. The summed E-state index contributed by atoms with van der Waals surface area (Å²) in [7, 11) is 0. The largest absolute Gasteiger partial charge is 0.484 e. The predicted octanol–water partition coefficient (Wildman–Crippen LogP) is 2.55. The van der Waals surface area contributed by atoms with Gasteiger partial charge in [0, 0.05) is 17.6 Å². The van der Waals surface area contributed by atoms with Gasteiger partial charge in [0.2, 0.25) is 0 Å². The number of amides is 1. The fraction of sp³-hybridized carbons (Fsp3) is 0.588. The maximum Gasteiger partial charge on any atom is 0.258 e. The molecule has 4 rings (SSSR count). The van der Waals surface area contributed by atoms with Crippen molar-refractivity contribution in [3.63, 3.8) is 0 Å². The summed E-state index contributed by atoms with van der Waals surface area (Å²) in [5.74, 6) is 1.29. The third-order valence-electron chi connectivity index (χ3n) is 4.78. The first kappa shape index (κ1) is 15.6. The van der Waals surface area contributed by atoms with Crippen LogP contribution < -0.4 is 10.1 Å². The SMILES string of the molecule is Cc1cc(OCC(=O)NC2CN3CCC2CC3)cc(C)c1Cl. The number of hydrogen-bond donors (Lipinski definition) is 1. The summed E-state index contributed by atoms with van der Waals surface area (Å²) < 4.78 is 5.62. The molecule has 3 aliphatic heterocycles. The molecule has 1 N–H and O–H groups in total. The van der Waals surface area contributed by atoms with Gasteiger partial charge in [0.15, 0.2) is 6.61 Å². The molecule has 3 heterocycles. The average Bonchev–Trinajstić information content (AvgIpc) is 2.51. The van der Waals surface area contributed by atoms with Crippen LogP contribution in [0.5, 0.6) is 5.75 Å². The Morgan fingerprint density at radius 1 is 1.32 bits per heavy atom. The summed E-state index contributed by atoms with van der Waals surface area (Å²) in [4.78, 5) is 14.5. The van der Waals surface area contributed by atoms with Gasteiger partial charge < -0.3 is 15.0 Å². The van der Waals surface area contributed by atoms with Gasteiger partial charge in [-0.25, -0.2) is 0 Å². The summed E-state index contributed by atoms with van der Waals surface area (Å²) in [6.45, 7) is 7.28. The molecule has 0 saturated carbocycles. The third kappa shape index (κ3) is 3.39. The normalized spacial score (nSPS) is 26.8. The van der Waals surface area contributed by atoms with E-state index in [0.29, 0.717) is 11.7 Å². The van der Waals surface area contributed by atoms with E-state index in [1.807, 2.05) is 26.0 Å². The molecule has 0 radical (unpaired) electrons. The van der Waals surface area contributed by atoms with E-state index >= 15 is 0 Å². The van der Waals surface area contributed by atoms with Crippen LogP contribution in [0.1, 0.15) is 24.0 Å². The highest BCUT2D eigenvalue weighted by atomic mass is 35.5. The second kappa shape index (κ2) is 6.47. The monoisotopic (exact) mass is 322 g/mol. The second-order valence-electron chi connectivity index (χ2n) is 6.47. The lowest BCUT2D eigenvalue weighted by Gasteiger charge is -2.44. The molecular weight excluding hydrogens is 300 g/mol. The summed E-state index contributed by atoms with van der Waals surface area (Å²) in [6.07, 6.45) is 2.39. The molecule has 1 amide bonds. The van der Waals surface area contributed by atoms with Gasteiger partial charge in [0.25, 0.3) is 5.91 Å². The highest BCUT2D eigenvalue weighted by Gasteiger charge is 2.34. The van der Waals surface area contributed by atoms with Gasteiger partial charge in [0.1, 0.15) is 5.75 Å². The minimum absolute atomic E-state index is 0.0380. The van der Waals surface area contributed by atoms with Gasteiger partial charge in [-0.05, 0) is 69.0 Å². The topological polar surface area (TPSA) is 41.6 Å². The molecule has 0 spiro atoms. The highest BCUT2D eigenvalue weighted by molar-refractivity contribution is 6.32. The van der Waals surface area contributed by atoms with Crippen molar-refractivity contribution in [2.75, 3.05) is 26.2 Å². The quantitative estimate of drug-likeness (QED) is 0.926. The smallest absolute Gasteiger partial charge is 0.258 e. The molecule has 3 aliphatic rings. The zero-order valence-corrected chi connectivity index (χ0v) is 13.9. The Morgan fingerprint density at radius 3 is 2.50 bits per heavy atom. The van der Waals surface area contributed by atoms with Crippen molar-refractivity contribution in [1.82, 2.24) is 10.2 Å². The number of fused-ring (bicyclic) bond motifs is 3. The number of rotatable bonds is 4. The molecule has 3 saturated heterocycles. The first-order chi connectivity index (χ1) is 10.5. The zero-order chi connectivity index (χ0) is 15.7. The van der Waals surface area contributed by atoms with Crippen molar-refractivity contribution in [2.24, 2.45) is 5.92 Å². The number of ether oxygens (including phenoxy) is 1. The van der Waals surface area contributed by atoms with Crippen molar-refractivity contribution in [1.29, 1.82) is 0 Å². The fourth-order valence-electron chi connectivity index (χ4n) is 3.52. The number of nitrogens with one attached hydrogen (secondary N) is 1. The van der Waals surface area contributed by atoms with Crippen LogP contribution in [0.3, 0.4) is 0 Å². The number of nitrogens with zero attached hydrogens (tertiary/aromatic N) is 1. The number of aryl methyl sites for hydroxylation is 2. The third-order valence-corrected chi connectivity index (χ3v) is 5.38. The van der Waals surface area contributed by atoms with Crippen LogP contribution in [-0.4, -0.2) is 43.1 Å². The first-order valence-electron chi connectivity index (χ1n) is 7.94. The molecule has 1 aromatic carbocycles. The Morgan fingerprint density at radius 2 is 1.95 bits per heavy atom. The molecule has 3 fully saturated rings. The Hall–Kier alpha value is -1.26. The van der Waals surface area contributed by atoms with E-state index in [4.69, 9.17) is 16.3 Å². The van der Waals surface area contributed by atoms with Gasteiger partial charge in [-0.15, -0.1) is 0 Å². The molecule has 0 aromatic heterocycles. The van der Waals surface area contributed by atoms with Crippen molar-refractivity contribution in [3.05, 3.63) is 28.3 Å². The lowest BCUT2D eigenvalue weighted by atomic mass is 9.84. The molecule has 0 aliphatic carbocycles. The highest BCUT2D eigenvalue weighted by Crippen LogP contribution is 2.28. The summed E-state index contributed by atoms with van der Waals surface area (Å²) in [5.41, 5.74) is 1.93. The van der Waals surface area contributed by atoms with Gasteiger partial charge in [-0.1, -0.05) is 11.6 Å². The Bertz CT molecular complexity index is 545. The van der Waals surface area contributed by atoms with Gasteiger partial charge in [-0.2, -0.15) is 0 Å². The van der Waals surface area contributed by atoms with E-state index in [1.54, 1.807) is 0 Å². The predicted molar refractivity (Wildman–Crippen MR) is 87.5 cm³/mol. The van der Waals surface area contributed by atoms with E-state index < -0.39 is 0 Å². The van der Waals surface area contributed by atoms with Crippen molar-refractivity contribution >= 4 is 17.5 Å². The van der Waals surface area contributed by atoms with Crippen molar-refractivity contribution in [2.45, 2.75) is 32.7 Å². The molecule has 2 bridgehead atoms. The molecule has 5 heteroatoms. The zero-order valence-electron chi connectivity index (χ0n) is 13.2. The Kier molecular flexibility index (Phi) is 4.59. The Labute approximate surface area is 136 Å². The summed E-state index contributed by atoms with van der Waals surface area (Å²) in [5, 5.41) is 3.88. The van der Waals surface area contributed by atoms with Crippen LogP contribution >= 0.6 is 11.6 Å². The van der Waals surface area contributed by atoms with Gasteiger partial charge >= 0.3 is 0 Å². The van der Waals surface area contributed by atoms with E-state index in [2.05, 4.69) is 10.2 Å². The van der Waals surface area contributed by atoms with E-state index in [-0.39, 0.29) is 18.6 Å². The van der Waals surface area contributed by atoms with Crippen LogP contribution in [0.4, 0.5) is 0 Å².